The summed E-state index contributed by atoms with van der Waals surface area (Å²) in [5.41, 5.74) is 4.24. The largest absolute Gasteiger partial charge is 0.393 e. The highest BCUT2D eigenvalue weighted by atomic mass is 32.2. The maximum atomic E-state index is 13.1. The number of nitrogens with one attached hydrogen (secondary N) is 2. The average molecular weight is 538 g/mol. The first kappa shape index (κ1) is 27.7. The number of aromatic nitrogens is 4. The molecule has 38 heavy (non-hydrogen) atoms. The number of H-pyrrole nitrogens is 1. The number of aryl methyl sites for hydroxylation is 3. The lowest BCUT2D eigenvalue weighted by Gasteiger charge is -2.18. The second-order valence-electron chi connectivity index (χ2n) is 9.84. The highest BCUT2D eigenvalue weighted by molar-refractivity contribution is 7.88. The van der Waals surface area contributed by atoms with Gasteiger partial charge in [0.1, 0.15) is 11.6 Å². The lowest BCUT2D eigenvalue weighted by atomic mass is 9.94. The minimum absolute atomic E-state index is 0.129. The minimum Gasteiger partial charge on any atom is -0.393 e. The Labute approximate surface area is 223 Å². The predicted octanol–water partition coefficient (Wildman–Crippen LogP) is 3.16. The molecule has 3 N–H and O–H groups in total. The second-order valence-corrected chi connectivity index (χ2v) is 11.8. The molecule has 0 aliphatic rings. The van der Waals surface area contributed by atoms with Crippen molar-refractivity contribution < 1.29 is 13.5 Å². The minimum atomic E-state index is -3.43. The molecule has 202 valence electrons. The molecule has 2 heterocycles. The topological polar surface area (TPSA) is 129 Å². The lowest BCUT2D eigenvalue weighted by Crippen LogP contribution is -2.22. The van der Waals surface area contributed by atoms with Gasteiger partial charge in [0.15, 0.2) is 5.52 Å². The van der Waals surface area contributed by atoms with Crippen molar-refractivity contribution in [3.8, 4) is 0 Å². The molecule has 0 aliphatic heterocycles. The fraction of sp³-hybridized carbons (Fsp3) is 0.393. The number of rotatable bonds is 11. The molecule has 4 aromatic rings. The van der Waals surface area contributed by atoms with Crippen molar-refractivity contribution in [2.45, 2.75) is 64.2 Å². The summed E-state index contributed by atoms with van der Waals surface area (Å²) < 4.78 is 28.1. The van der Waals surface area contributed by atoms with Gasteiger partial charge in [-0.15, -0.1) is 0 Å². The van der Waals surface area contributed by atoms with Crippen molar-refractivity contribution >= 4 is 15.5 Å². The van der Waals surface area contributed by atoms with Crippen LogP contribution in [0.3, 0.4) is 0 Å². The van der Waals surface area contributed by atoms with Crippen LogP contribution in [-0.2, 0) is 28.6 Å². The molecule has 0 saturated heterocycles. The van der Waals surface area contributed by atoms with E-state index in [1.807, 2.05) is 43.3 Å². The monoisotopic (exact) mass is 537 g/mol. The highest BCUT2D eigenvalue weighted by Crippen LogP contribution is 2.26. The molecule has 0 radical (unpaired) electrons. The van der Waals surface area contributed by atoms with E-state index in [4.69, 9.17) is 5.10 Å². The summed E-state index contributed by atoms with van der Waals surface area (Å²) in [7, 11) is -2.03. The molecule has 4 rings (SSSR count). The van der Waals surface area contributed by atoms with Crippen molar-refractivity contribution in [2.24, 2.45) is 0 Å². The molecular formula is C28H35N5O4S. The number of aliphatic hydroxyl groups is 1. The molecule has 2 unspecified atom stereocenters. The Kier molecular flexibility index (Phi) is 8.44. The third-order valence-electron chi connectivity index (χ3n) is 6.93. The van der Waals surface area contributed by atoms with Crippen LogP contribution in [0.1, 0.15) is 65.3 Å². The molecule has 2 aromatic heterocycles. The van der Waals surface area contributed by atoms with Crippen LogP contribution in [0.2, 0.25) is 0 Å². The Morgan fingerprint density at radius 2 is 1.84 bits per heavy atom. The molecule has 0 spiro atoms. The molecular weight excluding hydrogens is 502 g/mol. The average Bonchev–Trinajstić information content (AvgIpc) is 3.20. The number of hydrogen-bond acceptors (Lipinski definition) is 6. The van der Waals surface area contributed by atoms with Gasteiger partial charge in [0.25, 0.3) is 5.56 Å². The quantitative estimate of drug-likeness (QED) is 0.270. The fourth-order valence-corrected chi connectivity index (χ4v) is 5.64. The normalized spacial score (nSPS) is 13.6. The van der Waals surface area contributed by atoms with Gasteiger partial charge < -0.3 is 10.1 Å². The van der Waals surface area contributed by atoms with E-state index in [1.54, 1.807) is 18.4 Å². The molecule has 2 atom stereocenters. The van der Waals surface area contributed by atoms with Crippen LogP contribution < -0.4 is 10.3 Å². The fourth-order valence-electron chi connectivity index (χ4n) is 4.77. The van der Waals surface area contributed by atoms with Gasteiger partial charge in [0.05, 0.1) is 17.6 Å². The number of fused-ring (bicyclic) bond motifs is 1. The zero-order valence-electron chi connectivity index (χ0n) is 22.2. The first-order valence-electron chi connectivity index (χ1n) is 12.8. The van der Waals surface area contributed by atoms with Gasteiger partial charge in [-0.2, -0.15) is 5.10 Å². The number of imidazole rings is 1. The van der Waals surface area contributed by atoms with Crippen molar-refractivity contribution in [2.75, 3.05) is 7.05 Å². The van der Waals surface area contributed by atoms with E-state index in [1.165, 1.54) is 12.6 Å². The Bertz CT molecular complexity index is 1580. The van der Waals surface area contributed by atoms with Crippen LogP contribution in [0.15, 0.2) is 53.3 Å². The van der Waals surface area contributed by atoms with Gasteiger partial charge in [-0.25, -0.2) is 22.6 Å². The van der Waals surface area contributed by atoms with Crippen LogP contribution in [0, 0.1) is 13.8 Å². The van der Waals surface area contributed by atoms with E-state index in [0.717, 1.165) is 24.0 Å². The van der Waals surface area contributed by atoms with Crippen molar-refractivity contribution in [1.29, 1.82) is 0 Å². The Balaban J connectivity index is 1.64. The molecule has 0 amide bonds. The van der Waals surface area contributed by atoms with Crippen LogP contribution in [-0.4, -0.2) is 46.3 Å². The van der Waals surface area contributed by atoms with E-state index < -0.39 is 16.1 Å². The molecule has 2 aromatic carbocycles. The summed E-state index contributed by atoms with van der Waals surface area (Å²) in [6.45, 7) is 5.38. The number of aliphatic hydroxyl groups excluding tert-OH is 1. The third-order valence-corrected chi connectivity index (χ3v) is 8.24. The molecule has 0 saturated carbocycles. The first-order valence-corrected chi connectivity index (χ1v) is 14.4. The number of nitrogens with zero attached hydrogens (tertiary/aromatic N) is 3. The number of aromatic amines is 1. The van der Waals surface area contributed by atoms with E-state index in [0.29, 0.717) is 41.3 Å². The standard InChI is InChI=1S/C28H35N5O4S/c1-18-13-14-22(15-23(18)17-38(36,37)29-4)16-25-31-28(35)26-19(2)30-27(33(26)32-25)24(20(3)34)12-8-11-21-9-6-5-7-10-21/h5-7,9-10,13-15,20,24,29,34H,8,11-12,16-17H2,1-4H3,(H,31,32,35). The van der Waals surface area contributed by atoms with Crippen molar-refractivity contribution in [1.82, 2.24) is 24.3 Å². The predicted molar refractivity (Wildman–Crippen MR) is 148 cm³/mol. The summed E-state index contributed by atoms with van der Waals surface area (Å²) in [6.07, 6.45) is 2.06. The summed E-state index contributed by atoms with van der Waals surface area (Å²) in [5, 5.41) is 15.4. The Morgan fingerprint density at radius 3 is 2.53 bits per heavy atom. The van der Waals surface area contributed by atoms with Crippen LogP contribution in [0.5, 0.6) is 0 Å². The van der Waals surface area contributed by atoms with E-state index in [-0.39, 0.29) is 17.2 Å². The van der Waals surface area contributed by atoms with E-state index in [2.05, 4.69) is 26.8 Å². The highest BCUT2D eigenvalue weighted by Gasteiger charge is 2.25. The molecule has 10 heteroatoms. The van der Waals surface area contributed by atoms with Crippen LogP contribution >= 0.6 is 0 Å². The second kappa shape index (κ2) is 11.6. The number of benzene rings is 2. The molecule has 0 aliphatic carbocycles. The Morgan fingerprint density at radius 1 is 1.11 bits per heavy atom. The number of sulfonamides is 1. The van der Waals surface area contributed by atoms with E-state index in [9.17, 15) is 18.3 Å². The van der Waals surface area contributed by atoms with Gasteiger partial charge in [-0.05, 0) is 69.3 Å². The van der Waals surface area contributed by atoms with Gasteiger partial charge in [0, 0.05) is 12.3 Å². The summed E-state index contributed by atoms with van der Waals surface area (Å²) >= 11 is 0. The lowest BCUT2D eigenvalue weighted by molar-refractivity contribution is 0.151. The first-order chi connectivity index (χ1) is 18.1. The molecule has 0 fully saturated rings. The summed E-state index contributed by atoms with van der Waals surface area (Å²) in [6, 6.07) is 15.8. The van der Waals surface area contributed by atoms with Crippen LogP contribution in [0.4, 0.5) is 0 Å². The maximum Gasteiger partial charge on any atom is 0.277 e. The molecule has 9 nitrogen and oxygen atoms in total. The smallest absolute Gasteiger partial charge is 0.277 e. The van der Waals surface area contributed by atoms with E-state index >= 15 is 0 Å². The Hall–Kier alpha value is -3.34. The SMILES string of the molecule is CNS(=O)(=O)Cc1cc(Cc2nn3c(C(CCCc4ccccc4)C(C)O)nc(C)c3c(=O)[nH]2)ccc1C. The zero-order valence-corrected chi connectivity index (χ0v) is 23.0. The number of hydrogen-bond donors (Lipinski definition) is 3. The molecule has 0 bridgehead atoms. The summed E-state index contributed by atoms with van der Waals surface area (Å²) in [4.78, 5) is 20.6. The van der Waals surface area contributed by atoms with Gasteiger partial charge in [-0.3, -0.25) is 4.79 Å². The van der Waals surface area contributed by atoms with Gasteiger partial charge >= 0.3 is 0 Å². The third kappa shape index (κ3) is 6.38. The van der Waals surface area contributed by atoms with Crippen LogP contribution in [0.25, 0.3) is 5.52 Å². The van der Waals surface area contributed by atoms with Gasteiger partial charge in [0.2, 0.25) is 10.0 Å². The zero-order chi connectivity index (χ0) is 27.4. The summed E-state index contributed by atoms with van der Waals surface area (Å²) in [5.74, 6) is 0.578. The maximum absolute atomic E-state index is 13.1. The van der Waals surface area contributed by atoms with Crippen molar-refractivity contribution in [3.05, 3.63) is 98.5 Å². The van der Waals surface area contributed by atoms with Crippen molar-refractivity contribution in [3.63, 3.8) is 0 Å². The van der Waals surface area contributed by atoms with Gasteiger partial charge in [-0.1, -0.05) is 48.5 Å².